The van der Waals surface area contributed by atoms with Gasteiger partial charge in [-0.15, -0.1) is 0 Å². The van der Waals surface area contributed by atoms with Crippen LogP contribution >= 0.6 is 11.6 Å². The van der Waals surface area contributed by atoms with Gasteiger partial charge in [-0.25, -0.2) is 4.79 Å². The summed E-state index contributed by atoms with van der Waals surface area (Å²) in [4.78, 5) is 39.1. The summed E-state index contributed by atoms with van der Waals surface area (Å²) < 4.78 is 0. The molecule has 0 aromatic heterocycles. The zero-order valence-corrected chi connectivity index (χ0v) is 9.87. The minimum atomic E-state index is -0.742. The van der Waals surface area contributed by atoms with E-state index >= 15 is 0 Å². The van der Waals surface area contributed by atoms with Crippen LogP contribution in [0.5, 0.6) is 0 Å². The molecule has 0 unspecified atom stereocenters. The lowest BCUT2D eigenvalue weighted by atomic mass is 10.0. The Bertz CT molecular complexity index is 512. The molecule has 1 aromatic rings. The molecule has 6 heteroatoms. The van der Waals surface area contributed by atoms with Gasteiger partial charge < -0.3 is 4.84 Å². The number of rotatable bonds is 1. The largest absolute Gasteiger partial charge is 0.330 e. The first kappa shape index (κ1) is 11.6. The summed E-state index contributed by atoms with van der Waals surface area (Å²) in [6, 6.07) is 3.15. The van der Waals surface area contributed by atoms with E-state index in [0.29, 0.717) is 10.6 Å². The van der Waals surface area contributed by atoms with E-state index in [2.05, 4.69) is 4.84 Å². The Hall–Kier alpha value is -1.88. The third-order valence-electron chi connectivity index (χ3n) is 2.38. The van der Waals surface area contributed by atoms with Gasteiger partial charge in [-0.3, -0.25) is 9.59 Å². The van der Waals surface area contributed by atoms with Gasteiger partial charge in [0.25, 0.3) is 11.8 Å². The topological polar surface area (TPSA) is 63.7 Å². The van der Waals surface area contributed by atoms with Crippen LogP contribution in [0.25, 0.3) is 0 Å². The van der Waals surface area contributed by atoms with Gasteiger partial charge in [-0.05, 0) is 18.6 Å². The van der Waals surface area contributed by atoms with Gasteiger partial charge >= 0.3 is 5.97 Å². The Morgan fingerprint density at radius 1 is 1.24 bits per heavy atom. The maximum Gasteiger partial charge on any atom is 0.330 e. The van der Waals surface area contributed by atoms with E-state index in [-0.39, 0.29) is 16.1 Å². The summed E-state index contributed by atoms with van der Waals surface area (Å²) in [5.74, 6) is -2.12. The third-order valence-corrected chi connectivity index (χ3v) is 2.69. The molecule has 1 aliphatic heterocycles. The number of hydrogen-bond acceptors (Lipinski definition) is 4. The second-order valence-electron chi connectivity index (χ2n) is 3.60. The second-order valence-corrected chi connectivity index (χ2v) is 4.01. The maximum absolute atomic E-state index is 11.9. The van der Waals surface area contributed by atoms with Crippen molar-refractivity contribution in [3.05, 3.63) is 33.8 Å². The number of benzene rings is 1. The normalized spacial score (nSPS) is 13.9. The van der Waals surface area contributed by atoms with Crippen molar-refractivity contribution in [3.8, 4) is 0 Å². The van der Waals surface area contributed by atoms with E-state index in [9.17, 15) is 14.4 Å². The van der Waals surface area contributed by atoms with Gasteiger partial charge in [-0.1, -0.05) is 22.7 Å². The van der Waals surface area contributed by atoms with Crippen LogP contribution in [-0.2, 0) is 9.63 Å². The molecule has 1 aromatic carbocycles. The van der Waals surface area contributed by atoms with Crippen LogP contribution in [0.1, 0.15) is 33.2 Å². The first-order valence-corrected chi connectivity index (χ1v) is 5.17. The van der Waals surface area contributed by atoms with Crippen LogP contribution in [-0.4, -0.2) is 22.8 Å². The van der Waals surface area contributed by atoms with Crippen LogP contribution in [0.15, 0.2) is 12.1 Å². The summed E-state index contributed by atoms with van der Waals surface area (Å²) in [7, 11) is 0. The lowest BCUT2D eigenvalue weighted by molar-refractivity contribution is -0.165. The fourth-order valence-corrected chi connectivity index (χ4v) is 1.91. The highest BCUT2D eigenvalue weighted by Gasteiger charge is 2.41. The second kappa shape index (κ2) is 3.85. The Balaban J connectivity index is 2.56. The average Bonchev–Trinajstić information content (AvgIpc) is 2.49. The van der Waals surface area contributed by atoms with E-state index in [4.69, 9.17) is 11.6 Å². The molecular weight excluding hydrogens is 246 g/mol. The fraction of sp³-hybridized carbons (Fsp3) is 0.182. The molecule has 2 amide bonds. The highest BCUT2D eigenvalue weighted by Crippen LogP contribution is 2.31. The predicted octanol–water partition coefficient (Wildman–Crippen LogP) is 1.72. The van der Waals surface area contributed by atoms with E-state index in [1.807, 2.05) is 0 Å². The Kier molecular flexibility index (Phi) is 2.63. The number of hydrogen-bond donors (Lipinski definition) is 0. The van der Waals surface area contributed by atoms with E-state index in [1.54, 1.807) is 13.0 Å². The van der Waals surface area contributed by atoms with E-state index in [0.717, 1.165) is 6.92 Å². The molecule has 17 heavy (non-hydrogen) atoms. The number of carbonyl (C=O) groups excluding carboxylic acids is 3. The first-order chi connectivity index (χ1) is 7.93. The van der Waals surface area contributed by atoms with Crippen molar-refractivity contribution >= 4 is 29.4 Å². The molecule has 1 aliphatic rings. The van der Waals surface area contributed by atoms with Crippen molar-refractivity contribution in [2.75, 3.05) is 0 Å². The molecule has 0 saturated carbocycles. The molecule has 0 fully saturated rings. The molecule has 88 valence electrons. The van der Waals surface area contributed by atoms with Gasteiger partial charge in [0.2, 0.25) is 0 Å². The molecule has 0 radical (unpaired) electrons. The van der Waals surface area contributed by atoms with Crippen LogP contribution in [0, 0.1) is 6.92 Å². The molecule has 2 rings (SSSR count). The molecule has 0 spiro atoms. The van der Waals surface area contributed by atoms with E-state index < -0.39 is 17.8 Å². The van der Waals surface area contributed by atoms with Crippen molar-refractivity contribution < 1.29 is 19.2 Å². The summed E-state index contributed by atoms with van der Waals surface area (Å²) >= 11 is 5.86. The molecule has 0 saturated heterocycles. The number of nitrogens with zero attached hydrogens (tertiary/aromatic N) is 1. The predicted molar refractivity (Wildman–Crippen MR) is 58.5 cm³/mol. The standard InChI is InChI=1S/C11H8ClNO4/c1-5-3-4-7(12)9-8(5)10(15)13(11(9)16)17-6(2)14/h3-4H,1-2H3. The smallest absolute Gasteiger partial charge is 0.330 e. The molecule has 1 heterocycles. The SMILES string of the molecule is CC(=O)ON1C(=O)c2c(C)ccc(Cl)c2C1=O. The van der Waals surface area contributed by atoms with Gasteiger partial charge in [0.15, 0.2) is 0 Å². The van der Waals surface area contributed by atoms with Crippen LogP contribution in [0.2, 0.25) is 5.02 Å². The zero-order valence-electron chi connectivity index (χ0n) is 9.11. The molecule has 5 nitrogen and oxygen atoms in total. The Morgan fingerprint density at radius 3 is 2.35 bits per heavy atom. The Morgan fingerprint density at radius 2 is 1.82 bits per heavy atom. The minimum Gasteiger partial charge on any atom is -0.330 e. The highest BCUT2D eigenvalue weighted by molar-refractivity contribution is 6.37. The number of amides is 2. The van der Waals surface area contributed by atoms with Crippen LogP contribution < -0.4 is 0 Å². The monoisotopic (exact) mass is 253 g/mol. The van der Waals surface area contributed by atoms with Crippen molar-refractivity contribution in [3.63, 3.8) is 0 Å². The number of fused-ring (bicyclic) bond motifs is 1. The van der Waals surface area contributed by atoms with Crippen molar-refractivity contribution in [2.24, 2.45) is 0 Å². The van der Waals surface area contributed by atoms with Gasteiger partial charge in [0, 0.05) is 6.92 Å². The summed E-state index contributed by atoms with van der Waals surface area (Å²) in [6.07, 6.45) is 0. The summed E-state index contributed by atoms with van der Waals surface area (Å²) in [6.45, 7) is 2.79. The van der Waals surface area contributed by atoms with Crippen molar-refractivity contribution in [1.29, 1.82) is 0 Å². The molecular formula is C11H8ClNO4. The average molecular weight is 254 g/mol. The lowest BCUT2D eigenvalue weighted by Gasteiger charge is -2.10. The Labute approximate surface area is 102 Å². The molecule has 0 aliphatic carbocycles. The minimum absolute atomic E-state index is 0.0814. The van der Waals surface area contributed by atoms with Gasteiger partial charge in [0.05, 0.1) is 16.1 Å². The number of carbonyl (C=O) groups is 3. The van der Waals surface area contributed by atoms with Gasteiger partial charge in [0.1, 0.15) is 0 Å². The zero-order chi connectivity index (χ0) is 12.7. The van der Waals surface area contributed by atoms with Crippen molar-refractivity contribution in [1.82, 2.24) is 5.06 Å². The van der Waals surface area contributed by atoms with E-state index in [1.165, 1.54) is 6.07 Å². The lowest BCUT2D eigenvalue weighted by Crippen LogP contribution is -2.31. The maximum atomic E-state index is 11.9. The molecule has 0 N–H and O–H groups in total. The van der Waals surface area contributed by atoms with Crippen LogP contribution in [0.4, 0.5) is 0 Å². The summed E-state index contributed by atoms with van der Waals surface area (Å²) in [5.41, 5.74) is 0.874. The number of hydroxylamine groups is 2. The molecule has 0 atom stereocenters. The summed E-state index contributed by atoms with van der Waals surface area (Å²) in [5, 5.41) is 0.602. The number of imide groups is 1. The quantitative estimate of drug-likeness (QED) is 0.715. The number of halogens is 1. The fourth-order valence-electron chi connectivity index (χ4n) is 1.67. The van der Waals surface area contributed by atoms with Crippen molar-refractivity contribution in [2.45, 2.75) is 13.8 Å². The third kappa shape index (κ3) is 1.68. The first-order valence-electron chi connectivity index (χ1n) is 4.80. The molecule has 0 bridgehead atoms. The van der Waals surface area contributed by atoms with Crippen LogP contribution in [0.3, 0.4) is 0 Å². The highest BCUT2D eigenvalue weighted by atomic mass is 35.5. The number of aryl methyl sites for hydroxylation is 1. The van der Waals surface area contributed by atoms with Gasteiger partial charge in [-0.2, -0.15) is 0 Å².